The molecule has 0 bridgehead atoms. The summed E-state index contributed by atoms with van der Waals surface area (Å²) in [7, 11) is 0. The highest BCUT2D eigenvalue weighted by Gasteiger charge is 2.51. The molecule has 1 atom stereocenters. The third-order valence-electron chi connectivity index (χ3n) is 3.58. The summed E-state index contributed by atoms with van der Waals surface area (Å²) in [5, 5.41) is 1.07. The summed E-state index contributed by atoms with van der Waals surface area (Å²) in [5.74, 6) is -0.257. The molecule has 1 spiro atoms. The molecule has 4 nitrogen and oxygen atoms in total. The fourth-order valence-electron chi connectivity index (χ4n) is 2.76. The van der Waals surface area contributed by atoms with Crippen molar-refractivity contribution in [3.63, 3.8) is 0 Å². The molecule has 1 fully saturated rings. The number of hydrogen-bond acceptors (Lipinski definition) is 5. The van der Waals surface area contributed by atoms with Gasteiger partial charge in [0.15, 0.2) is 0 Å². The van der Waals surface area contributed by atoms with Gasteiger partial charge in [-0.3, -0.25) is 0 Å². The molecule has 1 saturated carbocycles. The molecule has 1 unspecified atom stereocenters. The highest BCUT2D eigenvalue weighted by molar-refractivity contribution is 8.14. The normalized spacial score (nSPS) is 25.3. The maximum Gasteiger partial charge on any atom is 0.350 e. The number of hydrogen-bond donors (Lipinski definition) is 0. The molecule has 5 heteroatoms. The molecule has 2 rings (SSSR count). The Morgan fingerprint density at radius 1 is 1.47 bits per heavy atom. The predicted octanol–water partition coefficient (Wildman–Crippen LogP) is 3.15. The largest absolute Gasteiger partial charge is 0.463 e. The lowest BCUT2D eigenvalue weighted by Crippen LogP contribution is -2.45. The summed E-state index contributed by atoms with van der Waals surface area (Å²) < 4.78 is 11.0. The van der Waals surface area contributed by atoms with Crippen LogP contribution in [-0.2, 0) is 14.3 Å². The van der Waals surface area contributed by atoms with E-state index in [0.717, 1.165) is 25.7 Å². The summed E-state index contributed by atoms with van der Waals surface area (Å²) in [4.78, 5) is 16.9. The van der Waals surface area contributed by atoms with Crippen molar-refractivity contribution >= 4 is 23.0 Å². The van der Waals surface area contributed by atoms with Crippen molar-refractivity contribution in [1.82, 2.24) is 0 Å². The molecule has 0 N–H and O–H groups in total. The zero-order valence-electron chi connectivity index (χ0n) is 12.0. The van der Waals surface area contributed by atoms with Crippen LogP contribution < -0.4 is 0 Å². The lowest BCUT2D eigenvalue weighted by Gasteiger charge is -2.33. The maximum absolute atomic E-state index is 12.1. The average Bonchev–Trinajstić information content (AvgIpc) is 2.68. The first-order valence-electron chi connectivity index (χ1n) is 7.17. The Morgan fingerprint density at radius 3 is 2.74 bits per heavy atom. The zero-order valence-corrected chi connectivity index (χ0v) is 12.8. The van der Waals surface area contributed by atoms with Crippen LogP contribution in [0.15, 0.2) is 4.99 Å². The molecule has 19 heavy (non-hydrogen) atoms. The Balaban J connectivity index is 2.16. The summed E-state index contributed by atoms with van der Waals surface area (Å²) in [6.45, 7) is 6.41. The van der Waals surface area contributed by atoms with Gasteiger partial charge in [-0.05, 0) is 19.8 Å². The summed E-state index contributed by atoms with van der Waals surface area (Å²) in [6.07, 6.45) is 4.77. The van der Waals surface area contributed by atoms with E-state index in [-0.39, 0.29) is 11.5 Å². The first-order valence-corrected chi connectivity index (χ1v) is 8.05. The quantitative estimate of drug-likeness (QED) is 0.747. The van der Waals surface area contributed by atoms with Gasteiger partial charge in [-0.1, -0.05) is 44.9 Å². The number of nitrogens with zero attached hydrogens (tertiary/aromatic N) is 1. The van der Waals surface area contributed by atoms with Crippen LogP contribution in [-0.4, -0.2) is 34.7 Å². The number of thioether (sulfide) groups is 1. The van der Waals surface area contributed by atoms with E-state index in [2.05, 4.69) is 13.8 Å². The highest BCUT2D eigenvalue weighted by Crippen LogP contribution is 2.42. The van der Waals surface area contributed by atoms with E-state index in [9.17, 15) is 4.79 Å². The van der Waals surface area contributed by atoms with E-state index in [1.165, 1.54) is 6.42 Å². The predicted molar refractivity (Wildman–Crippen MR) is 77.5 cm³/mol. The maximum atomic E-state index is 12.1. The number of aliphatic imine (C=N–C) groups is 1. The second-order valence-corrected chi connectivity index (χ2v) is 6.99. The summed E-state index contributed by atoms with van der Waals surface area (Å²) >= 11 is 1.59. The molecule has 1 aliphatic carbocycles. The SMILES string of the molecule is CCOC(=O)C1OC(SC(C)C)=NC12CCCCC2. The van der Waals surface area contributed by atoms with Gasteiger partial charge < -0.3 is 9.47 Å². The smallest absolute Gasteiger partial charge is 0.350 e. The van der Waals surface area contributed by atoms with Crippen LogP contribution in [0.2, 0.25) is 0 Å². The number of ether oxygens (including phenoxy) is 2. The molecule has 0 aromatic heterocycles. The topological polar surface area (TPSA) is 47.9 Å². The third kappa shape index (κ3) is 3.25. The van der Waals surface area contributed by atoms with Gasteiger partial charge in [0, 0.05) is 5.25 Å². The number of rotatable bonds is 3. The minimum Gasteiger partial charge on any atom is -0.463 e. The third-order valence-corrected chi connectivity index (χ3v) is 4.44. The summed E-state index contributed by atoms with van der Waals surface area (Å²) in [5.41, 5.74) is -0.359. The van der Waals surface area contributed by atoms with Crippen LogP contribution in [0.5, 0.6) is 0 Å². The lowest BCUT2D eigenvalue weighted by molar-refractivity contribution is -0.154. The Hall–Kier alpha value is -0.710. The van der Waals surface area contributed by atoms with Crippen LogP contribution in [0.4, 0.5) is 0 Å². The molecule has 0 saturated heterocycles. The van der Waals surface area contributed by atoms with E-state index >= 15 is 0 Å². The molecule has 0 aromatic carbocycles. The van der Waals surface area contributed by atoms with E-state index in [1.54, 1.807) is 11.8 Å². The van der Waals surface area contributed by atoms with Gasteiger partial charge in [-0.25, -0.2) is 9.79 Å². The molecule has 0 aromatic rings. The van der Waals surface area contributed by atoms with Crippen molar-refractivity contribution in [2.24, 2.45) is 4.99 Å². The van der Waals surface area contributed by atoms with E-state index < -0.39 is 6.10 Å². The fraction of sp³-hybridized carbons (Fsp3) is 0.857. The molecule has 2 aliphatic rings. The van der Waals surface area contributed by atoms with Crippen LogP contribution in [0, 0.1) is 0 Å². The van der Waals surface area contributed by atoms with Crippen LogP contribution >= 0.6 is 11.8 Å². The number of esters is 1. The second-order valence-electron chi connectivity index (χ2n) is 5.46. The van der Waals surface area contributed by atoms with Crippen molar-refractivity contribution < 1.29 is 14.3 Å². The zero-order chi connectivity index (χ0) is 13.9. The number of carbonyl (C=O) groups excluding carboxylic acids is 1. The minimum atomic E-state index is -0.533. The van der Waals surface area contributed by atoms with Crippen molar-refractivity contribution in [1.29, 1.82) is 0 Å². The van der Waals surface area contributed by atoms with E-state index in [4.69, 9.17) is 14.5 Å². The minimum absolute atomic E-state index is 0.257. The van der Waals surface area contributed by atoms with Crippen molar-refractivity contribution in [2.75, 3.05) is 6.61 Å². The van der Waals surface area contributed by atoms with Crippen LogP contribution in [0.25, 0.3) is 0 Å². The van der Waals surface area contributed by atoms with Crippen LogP contribution in [0.1, 0.15) is 52.9 Å². The Labute approximate surface area is 119 Å². The van der Waals surface area contributed by atoms with Gasteiger partial charge in [0.25, 0.3) is 0 Å². The van der Waals surface area contributed by atoms with Gasteiger partial charge in [0.2, 0.25) is 11.3 Å². The Kier molecular flexibility index (Phi) is 4.76. The van der Waals surface area contributed by atoms with Gasteiger partial charge in [0.1, 0.15) is 5.54 Å². The molecular formula is C14H23NO3S. The standard InChI is InChI=1S/C14H23NO3S/c1-4-17-12(16)11-14(8-6-5-7-9-14)15-13(18-11)19-10(2)3/h10-11H,4-9H2,1-3H3. The highest BCUT2D eigenvalue weighted by atomic mass is 32.2. The molecular weight excluding hydrogens is 262 g/mol. The summed E-state index contributed by atoms with van der Waals surface area (Å²) in [6, 6.07) is 0. The molecule has 1 aliphatic heterocycles. The van der Waals surface area contributed by atoms with Gasteiger partial charge in [0.05, 0.1) is 6.61 Å². The molecule has 0 amide bonds. The van der Waals surface area contributed by atoms with Gasteiger partial charge in [-0.15, -0.1) is 0 Å². The monoisotopic (exact) mass is 285 g/mol. The van der Waals surface area contributed by atoms with Gasteiger partial charge in [-0.2, -0.15) is 0 Å². The van der Waals surface area contributed by atoms with E-state index in [0.29, 0.717) is 17.1 Å². The number of carbonyl (C=O) groups is 1. The van der Waals surface area contributed by atoms with Crippen molar-refractivity contribution in [2.45, 2.75) is 69.8 Å². The Bertz CT molecular complexity index is 362. The Morgan fingerprint density at radius 2 is 2.16 bits per heavy atom. The van der Waals surface area contributed by atoms with Crippen molar-refractivity contribution in [3.8, 4) is 0 Å². The van der Waals surface area contributed by atoms with Gasteiger partial charge >= 0.3 is 5.97 Å². The van der Waals surface area contributed by atoms with Crippen molar-refractivity contribution in [3.05, 3.63) is 0 Å². The molecule has 108 valence electrons. The van der Waals surface area contributed by atoms with E-state index in [1.807, 2.05) is 6.92 Å². The average molecular weight is 285 g/mol. The lowest BCUT2D eigenvalue weighted by atomic mass is 9.78. The first-order chi connectivity index (χ1) is 9.07. The first kappa shape index (κ1) is 14.7. The molecule has 1 heterocycles. The fourth-order valence-corrected chi connectivity index (χ4v) is 3.55. The molecule has 0 radical (unpaired) electrons. The van der Waals surface area contributed by atoms with Crippen LogP contribution in [0.3, 0.4) is 0 Å². The second kappa shape index (κ2) is 6.16.